The molecule has 130 valence electrons. The van der Waals surface area contributed by atoms with Gasteiger partial charge >= 0.3 is 0 Å². The Morgan fingerprint density at radius 1 is 0.846 bits per heavy atom. The molecular weight excluding hydrogens is 380 g/mol. The Kier molecular flexibility index (Phi) is 5.48. The standard InChI is InChI=1S/C19H16N4S3/c1-2-24-18-22-23-19(26-18)25-12-16-20-15-11-7-6-10-14(15)17(21-16)13-8-4-3-5-9-13/h3-11H,2,12H2,1H3. The van der Waals surface area contributed by atoms with Gasteiger partial charge in [0.2, 0.25) is 0 Å². The summed E-state index contributed by atoms with van der Waals surface area (Å²) in [6.45, 7) is 2.12. The molecule has 4 rings (SSSR count). The zero-order valence-corrected chi connectivity index (χ0v) is 16.6. The maximum absolute atomic E-state index is 4.85. The molecule has 26 heavy (non-hydrogen) atoms. The van der Waals surface area contributed by atoms with Crippen molar-refractivity contribution in [1.82, 2.24) is 20.2 Å². The molecule has 2 aromatic heterocycles. The molecule has 2 heterocycles. The van der Waals surface area contributed by atoms with Crippen molar-refractivity contribution in [3.63, 3.8) is 0 Å². The van der Waals surface area contributed by atoms with E-state index in [2.05, 4.69) is 35.3 Å². The molecule has 0 bridgehead atoms. The zero-order valence-electron chi connectivity index (χ0n) is 14.1. The predicted octanol–water partition coefficient (Wildman–Crippen LogP) is 5.55. The van der Waals surface area contributed by atoms with Crippen molar-refractivity contribution in [2.45, 2.75) is 21.4 Å². The van der Waals surface area contributed by atoms with Crippen LogP contribution in [0.4, 0.5) is 0 Å². The fraction of sp³-hybridized carbons (Fsp3) is 0.158. The van der Waals surface area contributed by atoms with Gasteiger partial charge in [0.25, 0.3) is 0 Å². The van der Waals surface area contributed by atoms with Gasteiger partial charge in [-0.3, -0.25) is 0 Å². The van der Waals surface area contributed by atoms with Crippen LogP contribution in [0.25, 0.3) is 22.2 Å². The van der Waals surface area contributed by atoms with Crippen LogP contribution < -0.4 is 0 Å². The molecule has 4 nitrogen and oxygen atoms in total. The van der Waals surface area contributed by atoms with Gasteiger partial charge in [-0.1, -0.05) is 90.3 Å². The Bertz CT molecular complexity index is 1020. The van der Waals surface area contributed by atoms with Crippen LogP contribution in [0.3, 0.4) is 0 Å². The van der Waals surface area contributed by atoms with Crippen LogP contribution in [0, 0.1) is 0 Å². The zero-order chi connectivity index (χ0) is 17.8. The fourth-order valence-corrected chi connectivity index (χ4v) is 5.34. The van der Waals surface area contributed by atoms with Crippen molar-refractivity contribution < 1.29 is 0 Å². The SMILES string of the molecule is CCSc1nnc(SCc2nc(-c3ccccc3)c3ccccc3n2)s1. The number of rotatable bonds is 6. The topological polar surface area (TPSA) is 51.6 Å². The minimum absolute atomic E-state index is 0.677. The lowest BCUT2D eigenvalue weighted by atomic mass is 10.1. The first-order valence-corrected chi connectivity index (χ1v) is 11.0. The second-order valence-corrected chi connectivity index (χ2v) is 9.14. The molecule has 0 saturated carbocycles. The van der Waals surface area contributed by atoms with Crippen LogP contribution in [0.1, 0.15) is 12.7 Å². The Labute approximate surface area is 164 Å². The molecule has 0 N–H and O–H groups in total. The average Bonchev–Trinajstić information content (AvgIpc) is 3.14. The number of hydrogen-bond acceptors (Lipinski definition) is 7. The molecule has 0 atom stereocenters. The number of thioether (sulfide) groups is 2. The highest BCUT2D eigenvalue weighted by molar-refractivity contribution is 8.02. The van der Waals surface area contributed by atoms with E-state index >= 15 is 0 Å². The van der Waals surface area contributed by atoms with E-state index < -0.39 is 0 Å². The van der Waals surface area contributed by atoms with Crippen molar-refractivity contribution in [3.8, 4) is 11.3 Å². The molecule has 0 unspecified atom stereocenters. The van der Waals surface area contributed by atoms with Gasteiger partial charge in [-0.2, -0.15) is 0 Å². The Hall–Kier alpha value is -1.96. The first kappa shape index (κ1) is 17.5. The lowest BCUT2D eigenvalue weighted by molar-refractivity contribution is 0.953. The lowest BCUT2D eigenvalue weighted by Crippen LogP contribution is -1.97. The number of para-hydroxylation sites is 1. The number of fused-ring (bicyclic) bond motifs is 1. The molecule has 0 aliphatic carbocycles. The van der Waals surface area contributed by atoms with Gasteiger partial charge in [-0.25, -0.2) is 9.97 Å². The molecule has 0 radical (unpaired) electrons. The first-order chi connectivity index (χ1) is 12.8. The van der Waals surface area contributed by atoms with Crippen molar-refractivity contribution in [2.24, 2.45) is 0 Å². The van der Waals surface area contributed by atoms with Crippen molar-refractivity contribution in [2.75, 3.05) is 5.75 Å². The summed E-state index contributed by atoms with van der Waals surface area (Å²) in [5.74, 6) is 2.50. The van der Waals surface area contributed by atoms with Crippen molar-refractivity contribution in [1.29, 1.82) is 0 Å². The Morgan fingerprint density at radius 3 is 2.38 bits per heavy atom. The Morgan fingerprint density at radius 2 is 1.58 bits per heavy atom. The number of aromatic nitrogens is 4. The summed E-state index contributed by atoms with van der Waals surface area (Å²) in [5, 5.41) is 9.53. The maximum atomic E-state index is 4.85. The molecule has 4 aromatic rings. The summed E-state index contributed by atoms with van der Waals surface area (Å²) in [6, 6.07) is 18.4. The molecule has 0 spiro atoms. The normalized spacial score (nSPS) is 11.1. The minimum Gasteiger partial charge on any atom is -0.232 e. The highest BCUT2D eigenvalue weighted by atomic mass is 32.2. The summed E-state index contributed by atoms with van der Waals surface area (Å²) >= 11 is 4.99. The third-order valence-corrected chi connectivity index (χ3v) is 6.75. The van der Waals surface area contributed by atoms with Gasteiger partial charge in [0, 0.05) is 10.9 Å². The van der Waals surface area contributed by atoms with E-state index in [4.69, 9.17) is 9.97 Å². The van der Waals surface area contributed by atoms with Gasteiger partial charge in [0.05, 0.1) is 17.0 Å². The number of nitrogens with zero attached hydrogens (tertiary/aromatic N) is 4. The summed E-state index contributed by atoms with van der Waals surface area (Å²) < 4.78 is 1.97. The molecule has 0 amide bonds. The highest BCUT2D eigenvalue weighted by Gasteiger charge is 2.11. The van der Waals surface area contributed by atoms with Crippen LogP contribution in [-0.2, 0) is 5.75 Å². The molecule has 7 heteroatoms. The monoisotopic (exact) mass is 396 g/mol. The molecule has 0 aliphatic rings. The summed E-state index contributed by atoms with van der Waals surface area (Å²) in [6.07, 6.45) is 0. The third kappa shape index (κ3) is 3.90. The second-order valence-electron chi connectivity index (χ2n) is 5.43. The van der Waals surface area contributed by atoms with E-state index in [1.807, 2.05) is 36.4 Å². The third-order valence-electron chi connectivity index (χ3n) is 3.68. The van der Waals surface area contributed by atoms with Gasteiger partial charge in [-0.05, 0) is 11.8 Å². The van der Waals surface area contributed by atoms with E-state index in [1.165, 1.54) is 0 Å². The van der Waals surface area contributed by atoms with Gasteiger partial charge in [0.1, 0.15) is 5.82 Å². The number of hydrogen-bond donors (Lipinski definition) is 0. The van der Waals surface area contributed by atoms with E-state index in [0.717, 1.165) is 42.4 Å². The van der Waals surface area contributed by atoms with E-state index in [-0.39, 0.29) is 0 Å². The van der Waals surface area contributed by atoms with Crippen LogP contribution in [-0.4, -0.2) is 25.9 Å². The maximum Gasteiger partial charge on any atom is 0.175 e. The highest BCUT2D eigenvalue weighted by Crippen LogP contribution is 2.31. The van der Waals surface area contributed by atoms with E-state index in [0.29, 0.717) is 5.75 Å². The van der Waals surface area contributed by atoms with Gasteiger partial charge < -0.3 is 0 Å². The van der Waals surface area contributed by atoms with E-state index in [9.17, 15) is 0 Å². The predicted molar refractivity (Wildman–Crippen MR) is 111 cm³/mol. The van der Waals surface area contributed by atoms with Gasteiger partial charge in [0.15, 0.2) is 8.68 Å². The van der Waals surface area contributed by atoms with Crippen LogP contribution in [0.2, 0.25) is 0 Å². The number of benzene rings is 2. The largest absolute Gasteiger partial charge is 0.232 e. The summed E-state index contributed by atoms with van der Waals surface area (Å²) in [4.78, 5) is 9.59. The minimum atomic E-state index is 0.677. The van der Waals surface area contributed by atoms with Gasteiger partial charge in [-0.15, -0.1) is 10.2 Å². The molecule has 0 aliphatic heterocycles. The first-order valence-electron chi connectivity index (χ1n) is 8.23. The fourth-order valence-electron chi connectivity index (χ4n) is 2.57. The molecule has 2 aromatic carbocycles. The summed E-state index contributed by atoms with van der Waals surface area (Å²) in [5.41, 5.74) is 3.05. The molecule has 0 fully saturated rings. The van der Waals surface area contributed by atoms with Crippen LogP contribution >= 0.6 is 34.9 Å². The van der Waals surface area contributed by atoms with Crippen molar-refractivity contribution in [3.05, 3.63) is 60.4 Å². The molecular formula is C19H16N4S3. The quantitative estimate of drug-likeness (QED) is 0.398. The summed E-state index contributed by atoms with van der Waals surface area (Å²) in [7, 11) is 0. The van der Waals surface area contributed by atoms with Crippen LogP contribution in [0.5, 0.6) is 0 Å². The van der Waals surface area contributed by atoms with Crippen LogP contribution in [0.15, 0.2) is 63.3 Å². The Balaban J connectivity index is 1.65. The average molecular weight is 397 g/mol. The smallest absolute Gasteiger partial charge is 0.175 e. The lowest BCUT2D eigenvalue weighted by Gasteiger charge is -2.08. The van der Waals surface area contributed by atoms with Crippen molar-refractivity contribution >= 4 is 45.8 Å². The molecule has 0 saturated heterocycles. The second kappa shape index (κ2) is 8.16. The van der Waals surface area contributed by atoms with E-state index in [1.54, 1.807) is 34.9 Å².